The van der Waals surface area contributed by atoms with Crippen LogP contribution >= 0.6 is 0 Å². The first-order valence-corrected chi connectivity index (χ1v) is 10.3. The van der Waals surface area contributed by atoms with Gasteiger partial charge in [0, 0.05) is 32.4 Å². The third-order valence-electron chi connectivity index (χ3n) is 5.26. The molecule has 8 heteroatoms. The first-order chi connectivity index (χ1) is 15.1. The highest BCUT2D eigenvalue weighted by molar-refractivity contribution is 6.00. The number of rotatable bonds is 5. The van der Waals surface area contributed by atoms with Crippen molar-refractivity contribution in [2.75, 3.05) is 36.2 Å². The van der Waals surface area contributed by atoms with E-state index in [1.165, 1.54) is 17.4 Å². The number of aromatic nitrogens is 1. The summed E-state index contributed by atoms with van der Waals surface area (Å²) in [5.41, 5.74) is 3.66. The van der Waals surface area contributed by atoms with E-state index in [0.717, 1.165) is 29.6 Å². The van der Waals surface area contributed by atoms with Gasteiger partial charge in [-0.1, -0.05) is 30.3 Å². The molecular formula is C23H26N6O2. The number of oxazole rings is 1. The number of hydrazone groups is 1. The minimum absolute atomic E-state index is 0.0673. The van der Waals surface area contributed by atoms with Crippen molar-refractivity contribution in [2.24, 2.45) is 10.9 Å². The molecule has 0 saturated carbocycles. The number of para-hydroxylation sites is 2. The van der Waals surface area contributed by atoms with Gasteiger partial charge in [-0.05, 0) is 43.7 Å². The Bertz CT molecular complexity index is 1090. The average Bonchev–Trinajstić information content (AvgIpc) is 3.06. The molecule has 4 rings (SSSR count). The number of nitrogens with zero attached hydrogens (tertiary/aromatic N) is 5. The quantitative estimate of drug-likeness (QED) is 0.388. The van der Waals surface area contributed by atoms with Gasteiger partial charge >= 0.3 is 0 Å². The third-order valence-corrected chi connectivity index (χ3v) is 5.26. The molecular weight excluding hydrogens is 392 g/mol. The standard InChI is InChI=1S/C23H26N6O2/c1-3-11-25-29(24)20-10-9-17(2)16-18(20)22(30)27-12-6-13-28(15-14-27)23-26-19-7-4-5-8-21(19)31-23/h3-5,7-11,16H,1,6,12-15,24H2,2H3/b25-11-. The second-order valence-corrected chi connectivity index (χ2v) is 7.46. The van der Waals surface area contributed by atoms with Gasteiger partial charge in [0.2, 0.25) is 0 Å². The number of aryl methyl sites for hydroxylation is 1. The predicted octanol–water partition coefficient (Wildman–Crippen LogP) is 3.34. The highest BCUT2D eigenvalue weighted by Gasteiger charge is 2.25. The van der Waals surface area contributed by atoms with Crippen LogP contribution in [0.3, 0.4) is 0 Å². The predicted molar refractivity (Wildman–Crippen MR) is 123 cm³/mol. The van der Waals surface area contributed by atoms with Crippen LogP contribution in [0.5, 0.6) is 0 Å². The van der Waals surface area contributed by atoms with Crippen molar-refractivity contribution in [3.05, 3.63) is 66.2 Å². The van der Waals surface area contributed by atoms with E-state index in [1.54, 1.807) is 0 Å². The zero-order valence-electron chi connectivity index (χ0n) is 17.6. The van der Waals surface area contributed by atoms with E-state index in [0.29, 0.717) is 36.9 Å². The number of amides is 1. The van der Waals surface area contributed by atoms with Crippen molar-refractivity contribution >= 4 is 34.9 Å². The number of carbonyl (C=O) groups excluding carboxylic acids is 1. The summed E-state index contributed by atoms with van der Waals surface area (Å²) in [5.74, 6) is 5.99. The van der Waals surface area contributed by atoms with Gasteiger partial charge in [-0.2, -0.15) is 15.2 Å². The number of hydrazine groups is 1. The molecule has 2 N–H and O–H groups in total. The van der Waals surface area contributed by atoms with Gasteiger partial charge in [0.1, 0.15) is 5.52 Å². The normalized spacial score (nSPS) is 14.8. The number of anilines is 2. The van der Waals surface area contributed by atoms with E-state index in [4.69, 9.17) is 10.3 Å². The van der Waals surface area contributed by atoms with Gasteiger partial charge in [0.05, 0.1) is 11.3 Å². The molecule has 0 unspecified atom stereocenters. The van der Waals surface area contributed by atoms with Gasteiger partial charge in [0.15, 0.2) is 5.58 Å². The molecule has 2 heterocycles. The van der Waals surface area contributed by atoms with Crippen molar-refractivity contribution < 1.29 is 9.21 Å². The van der Waals surface area contributed by atoms with Gasteiger partial charge in [0.25, 0.3) is 11.9 Å². The van der Waals surface area contributed by atoms with Crippen LogP contribution in [0.15, 0.2) is 64.6 Å². The molecule has 1 aliphatic heterocycles. The summed E-state index contributed by atoms with van der Waals surface area (Å²) in [6.07, 6.45) is 3.83. The lowest BCUT2D eigenvalue weighted by atomic mass is 10.1. The number of nitrogens with two attached hydrogens (primary N) is 1. The lowest BCUT2D eigenvalue weighted by molar-refractivity contribution is 0.0767. The molecule has 0 spiro atoms. The lowest BCUT2D eigenvalue weighted by Crippen LogP contribution is -2.36. The number of benzene rings is 2. The molecule has 0 aliphatic carbocycles. The van der Waals surface area contributed by atoms with Crippen molar-refractivity contribution in [1.82, 2.24) is 9.88 Å². The minimum atomic E-state index is -0.0673. The summed E-state index contributed by atoms with van der Waals surface area (Å²) < 4.78 is 5.91. The van der Waals surface area contributed by atoms with E-state index in [2.05, 4.69) is 21.6 Å². The maximum absolute atomic E-state index is 13.4. The highest BCUT2D eigenvalue weighted by atomic mass is 16.4. The number of allylic oxidation sites excluding steroid dienone is 1. The van der Waals surface area contributed by atoms with Crippen molar-refractivity contribution in [2.45, 2.75) is 13.3 Å². The second kappa shape index (κ2) is 9.01. The molecule has 31 heavy (non-hydrogen) atoms. The van der Waals surface area contributed by atoms with Crippen LogP contribution in [0, 0.1) is 6.92 Å². The second-order valence-electron chi connectivity index (χ2n) is 7.46. The van der Waals surface area contributed by atoms with E-state index in [1.807, 2.05) is 54.3 Å². The largest absolute Gasteiger partial charge is 0.423 e. The molecule has 1 aliphatic rings. The summed E-state index contributed by atoms with van der Waals surface area (Å²) >= 11 is 0. The fourth-order valence-corrected chi connectivity index (χ4v) is 3.68. The number of carbonyl (C=O) groups is 1. The monoisotopic (exact) mass is 418 g/mol. The van der Waals surface area contributed by atoms with Gasteiger partial charge < -0.3 is 14.2 Å². The molecule has 2 aromatic carbocycles. The Kier molecular flexibility index (Phi) is 5.99. The Balaban J connectivity index is 1.53. The summed E-state index contributed by atoms with van der Waals surface area (Å²) in [7, 11) is 0. The van der Waals surface area contributed by atoms with Gasteiger partial charge in [-0.25, -0.2) is 5.84 Å². The SMILES string of the molecule is C=C/C=N\N(N)c1ccc(C)cc1C(=O)N1CCCN(c2nc3ccccc3o2)CC1. The molecule has 3 aromatic rings. The van der Waals surface area contributed by atoms with Crippen LogP contribution in [0.1, 0.15) is 22.3 Å². The Morgan fingerprint density at radius 1 is 1.23 bits per heavy atom. The molecule has 0 atom stereocenters. The summed E-state index contributed by atoms with van der Waals surface area (Å²) in [4.78, 5) is 21.9. The molecule has 0 radical (unpaired) electrons. The summed E-state index contributed by atoms with van der Waals surface area (Å²) in [5, 5.41) is 5.30. The molecule has 1 amide bonds. The molecule has 1 saturated heterocycles. The Morgan fingerprint density at radius 2 is 2.06 bits per heavy atom. The zero-order chi connectivity index (χ0) is 21.8. The first-order valence-electron chi connectivity index (χ1n) is 10.3. The fourth-order valence-electron chi connectivity index (χ4n) is 3.68. The Morgan fingerprint density at radius 3 is 2.87 bits per heavy atom. The van der Waals surface area contributed by atoms with Crippen molar-refractivity contribution in [3.63, 3.8) is 0 Å². The number of hydrogen-bond donors (Lipinski definition) is 1. The van der Waals surface area contributed by atoms with Crippen LogP contribution in [0.25, 0.3) is 11.1 Å². The number of hydrogen-bond acceptors (Lipinski definition) is 7. The molecule has 1 aromatic heterocycles. The number of fused-ring (bicyclic) bond motifs is 1. The topological polar surface area (TPSA) is 91.2 Å². The van der Waals surface area contributed by atoms with Crippen LogP contribution in [-0.2, 0) is 0 Å². The highest BCUT2D eigenvalue weighted by Crippen LogP contribution is 2.25. The summed E-state index contributed by atoms with van der Waals surface area (Å²) in [6, 6.07) is 13.9. The Hall–Kier alpha value is -3.65. The van der Waals surface area contributed by atoms with Crippen molar-refractivity contribution in [3.8, 4) is 0 Å². The maximum Gasteiger partial charge on any atom is 0.298 e. The zero-order valence-corrected chi connectivity index (χ0v) is 17.6. The first kappa shape index (κ1) is 20.6. The maximum atomic E-state index is 13.4. The lowest BCUT2D eigenvalue weighted by Gasteiger charge is -2.24. The van der Waals surface area contributed by atoms with Crippen LogP contribution in [-0.4, -0.2) is 48.2 Å². The van der Waals surface area contributed by atoms with E-state index < -0.39 is 0 Å². The molecule has 8 nitrogen and oxygen atoms in total. The molecule has 160 valence electrons. The average molecular weight is 419 g/mol. The fraction of sp³-hybridized carbons (Fsp3) is 0.261. The van der Waals surface area contributed by atoms with E-state index in [-0.39, 0.29) is 5.91 Å². The molecule has 0 bridgehead atoms. The summed E-state index contributed by atoms with van der Waals surface area (Å²) in [6.45, 7) is 8.16. The van der Waals surface area contributed by atoms with Gasteiger partial charge in [-0.3, -0.25) is 4.79 Å². The van der Waals surface area contributed by atoms with Crippen LogP contribution in [0.4, 0.5) is 11.7 Å². The van der Waals surface area contributed by atoms with Crippen molar-refractivity contribution in [1.29, 1.82) is 0 Å². The van der Waals surface area contributed by atoms with Gasteiger partial charge in [-0.15, -0.1) is 0 Å². The van der Waals surface area contributed by atoms with Crippen LogP contribution < -0.4 is 15.9 Å². The smallest absolute Gasteiger partial charge is 0.298 e. The van der Waals surface area contributed by atoms with Crippen LogP contribution in [0.2, 0.25) is 0 Å². The van der Waals surface area contributed by atoms with E-state index >= 15 is 0 Å². The van der Waals surface area contributed by atoms with E-state index in [9.17, 15) is 4.79 Å². The minimum Gasteiger partial charge on any atom is -0.423 e. The Labute approximate surface area is 181 Å². The molecule has 1 fully saturated rings. The third kappa shape index (κ3) is 4.44.